The summed E-state index contributed by atoms with van der Waals surface area (Å²) < 4.78 is 34.6. The maximum absolute atomic E-state index is 13.0. The molecule has 27 heavy (non-hydrogen) atoms. The number of amides is 1. The standard InChI is InChI=1S/C20H28N2O4S/c1-12-11-22(14(3)23)19-10-17(6-7-20(19)26-12)27(24,25)21-13(2)18-9-15-4-5-16(18)8-15/h6-7,10,12-13,15-16,18,21H,4-5,8-9,11H2,1-3H3. The minimum Gasteiger partial charge on any atom is -0.487 e. The predicted molar refractivity (Wildman–Crippen MR) is 103 cm³/mol. The number of fused-ring (bicyclic) bond motifs is 3. The van der Waals surface area contributed by atoms with E-state index in [0.29, 0.717) is 29.8 Å². The summed E-state index contributed by atoms with van der Waals surface area (Å²) in [4.78, 5) is 13.8. The normalized spacial score (nSPS) is 30.7. The van der Waals surface area contributed by atoms with Crippen molar-refractivity contribution in [1.82, 2.24) is 4.72 Å². The predicted octanol–water partition coefficient (Wildman–Crippen LogP) is 2.92. The summed E-state index contributed by atoms with van der Waals surface area (Å²) in [6.45, 7) is 5.77. The molecule has 4 rings (SSSR count). The zero-order chi connectivity index (χ0) is 19.3. The number of ether oxygens (including phenoxy) is 1. The van der Waals surface area contributed by atoms with E-state index in [1.165, 1.54) is 26.2 Å². The van der Waals surface area contributed by atoms with Crippen LogP contribution in [0.1, 0.15) is 46.5 Å². The molecule has 5 atom stereocenters. The molecule has 1 aliphatic heterocycles. The molecule has 0 saturated heterocycles. The van der Waals surface area contributed by atoms with Crippen LogP contribution < -0.4 is 14.4 Å². The number of rotatable bonds is 4. The minimum absolute atomic E-state index is 0.0819. The monoisotopic (exact) mass is 392 g/mol. The molecule has 1 N–H and O–H groups in total. The Balaban J connectivity index is 1.57. The van der Waals surface area contributed by atoms with Crippen molar-refractivity contribution in [1.29, 1.82) is 0 Å². The van der Waals surface area contributed by atoms with Crippen molar-refractivity contribution < 1.29 is 17.9 Å². The molecule has 1 aromatic rings. The fourth-order valence-corrected chi connectivity index (χ4v) is 6.50. The van der Waals surface area contributed by atoms with Gasteiger partial charge in [-0.05, 0) is 69.1 Å². The molecule has 0 spiro atoms. The van der Waals surface area contributed by atoms with Crippen LogP contribution in [0.5, 0.6) is 5.75 Å². The number of benzene rings is 1. The van der Waals surface area contributed by atoms with Gasteiger partial charge in [-0.3, -0.25) is 4.79 Å². The molecule has 2 bridgehead atoms. The lowest BCUT2D eigenvalue weighted by molar-refractivity contribution is -0.117. The number of hydrogen-bond acceptors (Lipinski definition) is 4. The van der Waals surface area contributed by atoms with E-state index in [1.807, 2.05) is 13.8 Å². The van der Waals surface area contributed by atoms with Crippen molar-refractivity contribution in [2.45, 2.75) is 63.5 Å². The van der Waals surface area contributed by atoms with E-state index < -0.39 is 10.0 Å². The van der Waals surface area contributed by atoms with Crippen LogP contribution in [-0.2, 0) is 14.8 Å². The molecule has 0 radical (unpaired) electrons. The first-order chi connectivity index (χ1) is 12.7. The quantitative estimate of drug-likeness (QED) is 0.855. The zero-order valence-corrected chi connectivity index (χ0v) is 17.0. The lowest BCUT2D eigenvalue weighted by atomic mass is 9.84. The first-order valence-corrected chi connectivity index (χ1v) is 11.3. The minimum atomic E-state index is -3.65. The van der Waals surface area contributed by atoms with E-state index in [-0.39, 0.29) is 22.9 Å². The van der Waals surface area contributed by atoms with Gasteiger partial charge >= 0.3 is 0 Å². The summed E-state index contributed by atoms with van der Waals surface area (Å²) in [7, 11) is -3.65. The summed E-state index contributed by atoms with van der Waals surface area (Å²) >= 11 is 0. The van der Waals surface area contributed by atoms with Crippen molar-refractivity contribution in [3.63, 3.8) is 0 Å². The summed E-state index contributed by atoms with van der Waals surface area (Å²) in [6, 6.07) is 4.68. The summed E-state index contributed by atoms with van der Waals surface area (Å²) in [6.07, 6.45) is 4.77. The topological polar surface area (TPSA) is 75.7 Å². The van der Waals surface area contributed by atoms with Crippen LogP contribution in [0.15, 0.2) is 23.1 Å². The molecule has 2 saturated carbocycles. The van der Waals surface area contributed by atoms with Gasteiger partial charge in [-0.25, -0.2) is 13.1 Å². The Morgan fingerprint density at radius 3 is 2.70 bits per heavy atom. The van der Waals surface area contributed by atoms with Crippen molar-refractivity contribution in [3.8, 4) is 5.75 Å². The van der Waals surface area contributed by atoms with E-state index in [4.69, 9.17) is 4.74 Å². The van der Waals surface area contributed by atoms with Crippen LogP contribution in [0, 0.1) is 17.8 Å². The van der Waals surface area contributed by atoms with Crippen LogP contribution in [0.3, 0.4) is 0 Å². The highest BCUT2D eigenvalue weighted by Crippen LogP contribution is 2.49. The Labute approximate surface area is 161 Å². The molecule has 2 fully saturated rings. The molecule has 1 heterocycles. The highest BCUT2D eigenvalue weighted by atomic mass is 32.2. The second-order valence-corrected chi connectivity index (χ2v) is 10.2. The highest BCUT2D eigenvalue weighted by Gasteiger charge is 2.42. The van der Waals surface area contributed by atoms with Crippen LogP contribution in [0.25, 0.3) is 0 Å². The number of carbonyl (C=O) groups is 1. The Morgan fingerprint density at radius 1 is 1.30 bits per heavy atom. The van der Waals surface area contributed by atoms with E-state index in [0.717, 1.165) is 12.3 Å². The molecule has 2 aliphatic carbocycles. The molecule has 1 aromatic carbocycles. The van der Waals surface area contributed by atoms with Gasteiger partial charge in [0.2, 0.25) is 15.9 Å². The summed E-state index contributed by atoms with van der Waals surface area (Å²) in [5.41, 5.74) is 0.524. The lowest BCUT2D eigenvalue weighted by Crippen LogP contribution is -2.42. The molecule has 5 unspecified atom stereocenters. The van der Waals surface area contributed by atoms with Gasteiger partial charge in [0.25, 0.3) is 0 Å². The molecule has 1 amide bonds. The van der Waals surface area contributed by atoms with Gasteiger partial charge in [0.05, 0.1) is 17.1 Å². The van der Waals surface area contributed by atoms with Crippen molar-refractivity contribution in [2.75, 3.05) is 11.4 Å². The van der Waals surface area contributed by atoms with Crippen molar-refractivity contribution in [3.05, 3.63) is 18.2 Å². The Morgan fingerprint density at radius 2 is 2.07 bits per heavy atom. The second-order valence-electron chi connectivity index (χ2n) is 8.44. The van der Waals surface area contributed by atoms with Crippen LogP contribution in [-0.4, -0.2) is 33.0 Å². The average Bonchev–Trinajstić information content (AvgIpc) is 3.23. The van der Waals surface area contributed by atoms with Crippen LogP contribution in [0.4, 0.5) is 5.69 Å². The van der Waals surface area contributed by atoms with Crippen LogP contribution in [0.2, 0.25) is 0 Å². The third kappa shape index (κ3) is 3.47. The number of carbonyl (C=O) groups excluding carboxylic acids is 1. The molecule has 7 heteroatoms. The first kappa shape index (κ1) is 18.7. The van der Waals surface area contributed by atoms with Crippen molar-refractivity contribution >= 4 is 21.6 Å². The number of nitrogens with zero attached hydrogens (tertiary/aromatic N) is 1. The van der Waals surface area contributed by atoms with Crippen molar-refractivity contribution in [2.24, 2.45) is 17.8 Å². The third-order valence-corrected chi connectivity index (χ3v) is 8.01. The smallest absolute Gasteiger partial charge is 0.240 e. The largest absolute Gasteiger partial charge is 0.487 e. The molecular weight excluding hydrogens is 364 g/mol. The van der Waals surface area contributed by atoms with E-state index in [1.54, 1.807) is 23.1 Å². The maximum Gasteiger partial charge on any atom is 0.240 e. The third-order valence-electron chi connectivity index (χ3n) is 6.46. The van der Waals surface area contributed by atoms with Gasteiger partial charge in [0.15, 0.2) is 0 Å². The highest BCUT2D eigenvalue weighted by molar-refractivity contribution is 7.89. The van der Waals surface area contributed by atoms with Gasteiger partial charge in [-0.15, -0.1) is 0 Å². The number of anilines is 1. The number of sulfonamides is 1. The Bertz CT molecular complexity index is 854. The Kier molecular flexibility index (Phi) is 4.71. The van der Waals surface area contributed by atoms with Gasteiger partial charge in [-0.1, -0.05) is 6.42 Å². The molecule has 6 nitrogen and oxygen atoms in total. The van der Waals surface area contributed by atoms with Gasteiger partial charge < -0.3 is 9.64 Å². The van der Waals surface area contributed by atoms with Crippen LogP contribution >= 0.6 is 0 Å². The number of nitrogens with one attached hydrogen (secondary N) is 1. The van der Waals surface area contributed by atoms with E-state index in [9.17, 15) is 13.2 Å². The summed E-state index contributed by atoms with van der Waals surface area (Å²) in [5.74, 6) is 2.28. The summed E-state index contributed by atoms with van der Waals surface area (Å²) in [5, 5.41) is 0. The molecule has 148 valence electrons. The second kappa shape index (κ2) is 6.78. The average molecular weight is 393 g/mol. The van der Waals surface area contributed by atoms with Gasteiger partial charge in [0, 0.05) is 13.0 Å². The fourth-order valence-electron chi connectivity index (χ4n) is 5.19. The van der Waals surface area contributed by atoms with E-state index >= 15 is 0 Å². The first-order valence-electron chi connectivity index (χ1n) is 9.85. The van der Waals surface area contributed by atoms with Gasteiger partial charge in [0.1, 0.15) is 11.9 Å². The lowest BCUT2D eigenvalue weighted by Gasteiger charge is -2.33. The molecule has 0 aromatic heterocycles. The molecule has 3 aliphatic rings. The van der Waals surface area contributed by atoms with E-state index in [2.05, 4.69) is 4.72 Å². The Hall–Kier alpha value is -1.60. The van der Waals surface area contributed by atoms with Gasteiger partial charge in [-0.2, -0.15) is 0 Å². The zero-order valence-electron chi connectivity index (χ0n) is 16.1. The maximum atomic E-state index is 13.0. The number of hydrogen-bond donors (Lipinski definition) is 1. The molecular formula is C20H28N2O4S. The SMILES string of the molecule is CC(=O)N1CC(C)Oc2ccc(S(=O)(=O)NC(C)C3CC4CCC3C4)cc21. The fraction of sp³-hybridized carbons (Fsp3) is 0.650.